The summed E-state index contributed by atoms with van der Waals surface area (Å²) in [6.07, 6.45) is 0.361. The number of hydrogen-bond acceptors (Lipinski definition) is 7. The topological polar surface area (TPSA) is 89.0 Å². The summed E-state index contributed by atoms with van der Waals surface area (Å²) in [5.74, 6) is -0.0265. The van der Waals surface area contributed by atoms with Crippen molar-refractivity contribution < 1.29 is 27.1 Å². The minimum atomic E-state index is -3.96. The number of piperazine rings is 1. The maximum absolute atomic E-state index is 14.4. The first kappa shape index (κ1) is 27.2. The third-order valence-electron chi connectivity index (χ3n) is 5.57. The van der Waals surface area contributed by atoms with E-state index >= 15 is 0 Å². The van der Waals surface area contributed by atoms with E-state index in [0.717, 1.165) is 0 Å². The van der Waals surface area contributed by atoms with Crippen LogP contribution in [0.5, 0.6) is 5.75 Å². The van der Waals surface area contributed by atoms with Crippen LogP contribution in [0.25, 0.3) is 0 Å². The van der Waals surface area contributed by atoms with Crippen LogP contribution >= 0.6 is 10.7 Å². The number of aromatic nitrogens is 1. The van der Waals surface area contributed by atoms with Crippen molar-refractivity contribution in [1.29, 1.82) is 0 Å². The lowest BCUT2D eigenvalue weighted by molar-refractivity contribution is -0.00301. The van der Waals surface area contributed by atoms with Crippen molar-refractivity contribution in [3.05, 3.63) is 53.5 Å². The highest BCUT2D eigenvalue weighted by Gasteiger charge is 2.32. The van der Waals surface area contributed by atoms with Crippen LogP contribution in [-0.4, -0.2) is 67.1 Å². The molecule has 2 heterocycles. The highest BCUT2D eigenvalue weighted by Crippen LogP contribution is 2.27. The first-order valence-corrected chi connectivity index (χ1v) is 13.6. The fourth-order valence-electron chi connectivity index (χ4n) is 3.79. The molecular formula is C24H31ClFN3O5S. The van der Waals surface area contributed by atoms with Gasteiger partial charge < -0.3 is 14.4 Å². The average Bonchev–Trinajstić information content (AvgIpc) is 2.74. The number of aryl methyl sites for hydroxylation is 1. The molecule has 1 aliphatic rings. The number of hydrogen-bond donors (Lipinski definition) is 0. The molecule has 35 heavy (non-hydrogen) atoms. The van der Waals surface area contributed by atoms with Crippen molar-refractivity contribution in [2.45, 2.75) is 57.4 Å². The van der Waals surface area contributed by atoms with Gasteiger partial charge in [-0.3, -0.25) is 4.90 Å². The first-order chi connectivity index (χ1) is 16.2. The van der Waals surface area contributed by atoms with Crippen LogP contribution in [0.2, 0.25) is 0 Å². The monoisotopic (exact) mass is 527 g/mol. The van der Waals surface area contributed by atoms with E-state index < -0.39 is 20.8 Å². The van der Waals surface area contributed by atoms with Gasteiger partial charge in [0, 0.05) is 42.9 Å². The molecule has 0 spiro atoms. The van der Waals surface area contributed by atoms with Gasteiger partial charge in [-0.15, -0.1) is 0 Å². The van der Waals surface area contributed by atoms with Gasteiger partial charge in [0.25, 0.3) is 9.05 Å². The van der Waals surface area contributed by atoms with E-state index in [4.69, 9.17) is 20.2 Å². The van der Waals surface area contributed by atoms with E-state index in [-0.39, 0.29) is 23.0 Å². The minimum Gasteiger partial charge on any atom is -0.483 e. The lowest BCUT2D eigenvalue weighted by Gasteiger charge is -2.41. The summed E-state index contributed by atoms with van der Waals surface area (Å²) in [7, 11) is 1.38. The van der Waals surface area contributed by atoms with Crippen molar-refractivity contribution >= 4 is 25.8 Å². The molecular weight excluding hydrogens is 497 g/mol. The molecule has 192 valence electrons. The normalized spacial score (nSPS) is 18.3. The Bertz CT molecular complexity index is 1150. The highest BCUT2D eigenvalue weighted by atomic mass is 35.7. The van der Waals surface area contributed by atoms with Gasteiger partial charge in [-0.1, -0.05) is 12.1 Å². The number of carbonyl (C=O) groups excluding carboxylic acids is 1. The molecule has 0 bridgehead atoms. The van der Waals surface area contributed by atoms with Gasteiger partial charge in [0.15, 0.2) is 5.03 Å². The molecule has 1 aromatic carbocycles. The maximum Gasteiger partial charge on any atom is 0.410 e. The highest BCUT2D eigenvalue weighted by molar-refractivity contribution is 8.13. The van der Waals surface area contributed by atoms with Gasteiger partial charge in [-0.25, -0.2) is 22.6 Å². The number of pyridine rings is 1. The third-order valence-corrected chi connectivity index (χ3v) is 6.78. The molecule has 1 unspecified atom stereocenters. The van der Waals surface area contributed by atoms with Crippen LogP contribution < -0.4 is 4.74 Å². The quantitative estimate of drug-likeness (QED) is 0.510. The zero-order valence-corrected chi connectivity index (χ0v) is 22.1. The molecule has 1 saturated heterocycles. The molecule has 2 aromatic rings. The third kappa shape index (κ3) is 7.52. The molecule has 11 heteroatoms. The van der Waals surface area contributed by atoms with Crippen LogP contribution in [0.3, 0.4) is 0 Å². The summed E-state index contributed by atoms with van der Waals surface area (Å²) < 4.78 is 49.0. The fourth-order valence-corrected chi connectivity index (χ4v) is 4.47. The summed E-state index contributed by atoms with van der Waals surface area (Å²) in [4.78, 5) is 20.2. The summed E-state index contributed by atoms with van der Waals surface area (Å²) in [5.41, 5.74) is 0.573. The molecule has 1 aromatic heterocycles. The van der Waals surface area contributed by atoms with Gasteiger partial charge in [0.2, 0.25) is 0 Å². The maximum atomic E-state index is 14.4. The van der Waals surface area contributed by atoms with E-state index in [9.17, 15) is 17.6 Å². The standard InChI is InChI=1S/C24H31ClFN3O5S/c1-16-6-7-18(12-20(16)26)21(33-19-8-9-22(27-13-19)35(25,31)32)15-28-10-11-29(17(2)14-28)23(30)34-24(3,4)5/h6-9,12-13,17,21H,10-11,14-15H2,1-5H3/t17-,21?/m1/s1. The van der Waals surface area contributed by atoms with Gasteiger partial charge in [0.1, 0.15) is 23.3 Å². The molecule has 0 saturated carbocycles. The number of ether oxygens (including phenoxy) is 2. The van der Waals surface area contributed by atoms with E-state index in [1.54, 1.807) is 24.0 Å². The minimum absolute atomic E-state index is 0.0936. The Morgan fingerprint density at radius 2 is 1.97 bits per heavy atom. The van der Waals surface area contributed by atoms with Crippen molar-refractivity contribution in [1.82, 2.24) is 14.8 Å². The summed E-state index contributed by atoms with van der Waals surface area (Å²) in [6.45, 7) is 11.2. The summed E-state index contributed by atoms with van der Waals surface area (Å²) in [6, 6.07) is 7.55. The number of rotatable bonds is 6. The smallest absolute Gasteiger partial charge is 0.410 e. The molecule has 1 fully saturated rings. The number of nitrogens with zero attached hydrogens (tertiary/aromatic N) is 3. The van der Waals surface area contributed by atoms with Crippen LogP contribution in [-0.2, 0) is 13.8 Å². The second-order valence-electron chi connectivity index (χ2n) is 9.67. The fraction of sp³-hybridized carbons (Fsp3) is 0.500. The number of benzene rings is 1. The van der Waals surface area contributed by atoms with E-state index in [1.165, 1.54) is 24.4 Å². The zero-order valence-electron chi connectivity index (χ0n) is 20.5. The predicted molar refractivity (Wildman–Crippen MR) is 131 cm³/mol. The number of carbonyl (C=O) groups is 1. The second-order valence-corrected chi connectivity index (χ2v) is 12.2. The Labute approximate surface area is 210 Å². The molecule has 2 atom stereocenters. The Kier molecular flexibility index (Phi) is 8.28. The Hall–Kier alpha value is -2.43. The lowest BCUT2D eigenvalue weighted by Crippen LogP contribution is -2.55. The Balaban J connectivity index is 1.76. The number of amides is 1. The van der Waals surface area contributed by atoms with Gasteiger partial charge in [-0.05, 0) is 63.9 Å². The zero-order chi connectivity index (χ0) is 26.0. The summed E-state index contributed by atoms with van der Waals surface area (Å²) >= 11 is 0. The van der Waals surface area contributed by atoms with Crippen LogP contribution in [0, 0.1) is 12.7 Å². The van der Waals surface area contributed by atoms with Gasteiger partial charge >= 0.3 is 6.09 Å². The Morgan fingerprint density at radius 1 is 1.26 bits per heavy atom. The average molecular weight is 528 g/mol. The van der Waals surface area contributed by atoms with E-state index in [1.807, 2.05) is 27.7 Å². The van der Waals surface area contributed by atoms with Crippen molar-refractivity contribution in [2.75, 3.05) is 26.2 Å². The second kappa shape index (κ2) is 10.7. The van der Waals surface area contributed by atoms with Crippen LogP contribution in [0.15, 0.2) is 41.6 Å². The first-order valence-electron chi connectivity index (χ1n) is 11.3. The SMILES string of the molecule is Cc1ccc(C(CN2CCN(C(=O)OC(C)(C)C)[C@H](C)C2)Oc2ccc(S(=O)(=O)Cl)nc2)cc1F. The summed E-state index contributed by atoms with van der Waals surface area (Å²) in [5, 5.41) is -0.281. The Morgan fingerprint density at radius 3 is 2.51 bits per heavy atom. The molecule has 8 nitrogen and oxygen atoms in total. The molecule has 1 amide bonds. The van der Waals surface area contributed by atoms with Crippen molar-refractivity contribution in [2.24, 2.45) is 0 Å². The van der Waals surface area contributed by atoms with E-state index in [0.29, 0.717) is 43.1 Å². The molecule has 1 aliphatic heterocycles. The van der Waals surface area contributed by atoms with Crippen LogP contribution in [0.4, 0.5) is 9.18 Å². The molecule has 0 N–H and O–H groups in total. The predicted octanol–water partition coefficient (Wildman–Crippen LogP) is 4.52. The van der Waals surface area contributed by atoms with Crippen LogP contribution in [0.1, 0.15) is 44.9 Å². The molecule has 0 aliphatic carbocycles. The van der Waals surface area contributed by atoms with E-state index in [2.05, 4.69) is 9.88 Å². The van der Waals surface area contributed by atoms with Crippen molar-refractivity contribution in [3.63, 3.8) is 0 Å². The van der Waals surface area contributed by atoms with Gasteiger partial charge in [0.05, 0.1) is 6.20 Å². The largest absolute Gasteiger partial charge is 0.483 e. The lowest BCUT2D eigenvalue weighted by atomic mass is 10.0. The number of halogens is 2. The molecule has 3 rings (SSSR count). The van der Waals surface area contributed by atoms with Crippen molar-refractivity contribution in [3.8, 4) is 5.75 Å². The molecule has 0 radical (unpaired) electrons. The van der Waals surface area contributed by atoms with Gasteiger partial charge in [-0.2, -0.15) is 0 Å².